The minimum Gasteiger partial charge on any atom is -0.480 e. The number of hydrogen-bond acceptors (Lipinski definition) is 3. The van der Waals surface area contributed by atoms with Crippen molar-refractivity contribution < 1.29 is 19.5 Å². The molecule has 0 fully saturated rings. The van der Waals surface area contributed by atoms with Gasteiger partial charge in [0, 0.05) is 12.8 Å². The average molecular weight is 258 g/mol. The van der Waals surface area contributed by atoms with Gasteiger partial charge in [0.2, 0.25) is 11.8 Å². The minimum atomic E-state index is -1.14. The lowest BCUT2D eigenvalue weighted by molar-refractivity contribution is -0.142. The van der Waals surface area contributed by atoms with Crippen LogP contribution in [0, 0.1) is 0 Å². The topological polar surface area (TPSA) is 109 Å². The Morgan fingerprint density at radius 3 is 2.33 bits per heavy atom. The van der Waals surface area contributed by atoms with E-state index >= 15 is 0 Å². The molecule has 0 radical (unpaired) electrons. The van der Waals surface area contributed by atoms with E-state index < -0.39 is 17.9 Å². The molecule has 1 atom stereocenters. The third-order valence-corrected chi connectivity index (χ3v) is 2.57. The summed E-state index contributed by atoms with van der Waals surface area (Å²) < 4.78 is 0. The molecule has 0 aliphatic heterocycles. The smallest absolute Gasteiger partial charge is 0.326 e. The van der Waals surface area contributed by atoms with Crippen LogP contribution in [0.4, 0.5) is 0 Å². The summed E-state index contributed by atoms with van der Waals surface area (Å²) in [4.78, 5) is 32.9. The highest BCUT2D eigenvalue weighted by molar-refractivity contribution is 5.84. The van der Waals surface area contributed by atoms with Crippen LogP contribution in [-0.2, 0) is 14.4 Å². The summed E-state index contributed by atoms with van der Waals surface area (Å²) >= 11 is 0. The van der Waals surface area contributed by atoms with Crippen molar-refractivity contribution in [1.29, 1.82) is 0 Å². The number of nitrogens with one attached hydrogen (secondary N) is 1. The van der Waals surface area contributed by atoms with Gasteiger partial charge < -0.3 is 16.2 Å². The standard InChI is InChI=1S/C12H22N2O4/c1-2-3-4-5-6-11(16)14-9(12(17)18)7-8-10(13)15/h9H,2-8H2,1H3,(H2,13,15)(H,14,16)(H,17,18). The van der Waals surface area contributed by atoms with Gasteiger partial charge in [0.1, 0.15) is 6.04 Å². The normalized spacial score (nSPS) is 11.8. The first-order valence-electron chi connectivity index (χ1n) is 6.27. The first-order chi connectivity index (χ1) is 8.47. The second-order valence-electron chi connectivity index (χ2n) is 4.27. The lowest BCUT2D eigenvalue weighted by Crippen LogP contribution is -2.41. The highest BCUT2D eigenvalue weighted by Gasteiger charge is 2.19. The van der Waals surface area contributed by atoms with Crippen LogP contribution in [0.2, 0.25) is 0 Å². The van der Waals surface area contributed by atoms with Crippen molar-refractivity contribution in [3.05, 3.63) is 0 Å². The van der Waals surface area contributed by atoms with E-state index in [0.717, 1.165) is 25.7 Å². The molecule has 104 valence electrons. The molecule has 4 N–H and O–H groups in total. The first-order valence-corrected chi connectivity index (χ1v) is 6.27. The molecule has 0 spiro atoms. The summed E-state index contributed by atoms with van der Waals surface area (Å²) in [5.74, 6) is -2.00. The summed E-state index contributed by atoms with van der Waals surface area (Å²) in [7, 11) is 0. The predicted molar refractivity (Wildman–Crippen MR) is 66.8 cm³/mol. The molecule has 0 saturated heterocycles. The third kappa shape index (κ3) is 8.55. The molecule has 0 heterocycles. The largest absolute Gasteiger partial charge is 0.480 e. The van der Waals surface area contributed by atoms with Crippen molar-refractivity contribution in [3.63, 3.8) is 0 Å². The summed E-state index contributed by atoms with van der Waals surface area (Å²) in [5.41, 5.74) is 4.94. The van der Waals surface area contributed by atoms with Gasteiger partial charge >= 0.3 is 5.97 Å². The Morgan fingerprint density at radius 1 is 1.17 bits per heavy atom. The molecular weight excluding hydrogens is 236 g/mol. The Morgan fingerprint density at radius 2 is 1.83 bits per heavy atom. The number of carboxylic acids is 1. The van der Waals surface area contributed by atoms with E-state index in [9.17, 15) is 14.4 Å². The Hall–Kier alpha value is -1.59. The summed E-state index contributed by atoms with van der Waals surface area (Å²) in [6, 6.07) is -1.03. The van der Waals surface area contributed by atoms with Crippen LogP contribution in [0.1, 0.15) is 51.9 Å². The predicted octanol–water partition coefficient (Wildman–Crippen LogP) is 0.792. The third-order valence-electron chi connectivity index (χ3n) is 2.57. The number of carboxylic acid groups (broad SMARTS) is 1. The van der Waals surface area contributed by atoms with Crippen LogP contribution in [-0.4, -0.2) is 28.9 Å². The van der Waals surface area contributed by atoms with Gasteiger partial charge in [-0.15, -0.1) is 0 Å². The Labute approximate surface area is 107 Å². The van der Waals surface area contributed by atoms with Crippen LogP contribution in [0.25, 0.3) is 0 Å². The minimum absolute atomic E-state index is 0.0331. The quantitative estimate of drug-likeness (QED) is 0.503. The monoisotopic (exact) mass is 258 g/mol. The van der Waals surface area contributed by atoms with Gasteiger partial charge in [-0.25, -0.2) is 4.79 Å². The Kier molecular flexibility index (Phi) is 8.61. The van der Waals surface area contributed by atoms with E-state index in [-0.39, 0.29) is 18.7 Å². The number of hydrogen-bond donors (Lipinski definition) is 3. The summed E-state index contributed by atoms with van der Waals surface area (Å²) in [6.07, 6.45) is 4.17. The molecule has 0 aliphatic carbocycles. The van der Waals surface area contributed by atoms with Gasteiger partial charge in [-0.1, -0.05) is 26.2 Å². The zero-order valence-electron chi connectivity index (χ0n) is 10.8. The molecule has 1 unspecified atom stereocenters. The highest BCUT2D eigenvalue weighted by Crippen LogP contribution is 2.04. The van der Waals surface area contributed by atoms with E-state index in [1.165, 1.54) is 0 Å². The molecular formula is C12H22N2O4. The van der Waals surface area contributed by atoms with Crippen molar-refractivity contribution in [2.24, 2.45) is 5.73 Å². The number of amides is 2. The summed E-state index contributed by atoms with van der Waals surface area (Å²) in [6.45, 7) is 2.07. The average Bonchev–Trinajstić information content (AvgIpc) is 2.29. The fraction of sp³-hybridized carbons (Fsp3) is 0.750. The number of aliphatic carboxylic acids is 1. The molecule has 6 heteroatoms. The molecule has 0 rings (SSSR count). The maximum atomic E-state index is 11.5. The highest BCUT2D eigenvalue weighted by atomic mass is 16.4. The van der Waals surface area contributed by atoms with E-state index in [1.807, 2.05) is 0 Å². The van der Waals surface area contributed by atoms with Gasteiger partial charge in [-0.2, -0.15) is 0 Å². The second-order valence-corrected chi connectivity index (χ2v) is 4.27. The van der Waals surface area contributed by atoms with Crippen molar-refractivity contribution in [1.82, 2.24) is 5.32 Å². The maximum Gasteiger partial charge on any atom is 0.326 e. The van der Waals surface area contributed by atoms with E-state index in [4.69, 9.17) is 10.8 Å². The zero-order valence-corrected chi connectivity index (χ0v) is 10.8. The van der Waals surface area contributed by atoms with Crippen LogP contribution in [0.5, 0.6) is 0 Å². The van der Waals surface area contributed by atoms with Gasteiger partial charge in [-0.3, -0.25) is 9.59 Å². The Balaban J connectivity index is 3.96. The van der Waals surface area contributed by atoms with E-state index in [2.05, 4.69) is 12.2 Å². The van der Waals surface area contributed by atoms with Gasteiger partial charge in [0.05, 0.1) is 0 Å². The second kappa shape index (κ2) is 9.44. The Bertz CT molecular complexity index is 292. The number of rotatable bonds is 10. The number of primary amides is 1. The van der Waals surface area contributed by atoms with E-state index in [1.54, 1.807) is 0 Å². The van der Waals surface area contributed by atoms with Crippen molar-refractivity contribution in [2.45, 2.75) is 57.9 Å². The van der Waals surface area contributed by atoms with Crippen LogP contribution in [0.3, 0.4) is 0 Å². The molecule has 0 aliphatic rings. The van der Waals surface area contributed by atoms with Gasteiger partial charge in [0.15, 0.2) is 0 Å². The lowest BCUT2D eigenvalue weighted by atomic mass is 10.1. The van der Waals surface area contributed by atoms with E-state index in [0.29, 0.717) is 6.42 Å². The molecule has 2 amide bonds. The molecule has 0 aromatic heterocycles. The molecule has 18 heavy (non-hydrogen) atoms. The SMILES string of the molecule is CCCCCCC(=O)NC(CCC(N)=O)C(=O)O. The van der Waals surface area contributed by atoms with Crippen molar-refractivity contribution >= 4 is 17.8 Å². The lowest BCUT2D eigenvalue weighted by Gasteiger charge is -2.13. The van der Waals surface area contributed by atoms with Crippen LogP contribution >= 0.6 is 0 Å². The van der Waals surface area contributed by atoms with Gasteiger partial charge in [0.25, 0.3) is 0 Å². The first kappa shape index (κ1) is 16.4. The molecule has 0 aromatic rings. The number of unbranched alkanes of at least 4 members (excludes halogenated alkanes) is 3. The number of nitrogens with two attached hydrogens (primary N) is 1. The van der Waals surface area contributed by atoms with Crippen LogP contribution < -0.4 is 11.1 Å². The zero-order chi connectivity index (χ0) is 14.0. The maximum absolute atomic E-state index is 11.5. The fourth-order valence-corrected chi connectivity index (χ4v) is 1.52. The van der Waals surface area contributed by atoms with Crippen LogP contribution in [0.15, 0.2) is 0 Å². The summed E-state index contributed by atoms with van der Waals surface area (Å²) in [5, 5.41) is 11.3. The molecule has 6 nitrogen and oxygen atoms in total. The fourth-order valence-electron chi connectivity index (χ4n) is 1.52. The molecule has 0 saturated carbocycles. The molecule has 0 aromatic carbocycles. The van der Waals surface area contributed by atoms with Gasteiger partial charge in [-0.05, 0) is 12.8 Å². The number of carbonyl (C=O) groups is 3. The number of carbonyl (C=O) groups excluding carboxylic acids is 2. The molecule has 0 bridgehead atoms. The van der Waals surface area contributed by atoms with Crippen molar-refractivity contribution in [3.8, 4) is 0 Å². The van der Waals surface area contributed by atoms with Crippen molar-refractivity contribution in [2.75, 3.05) is 0 Å².